The molecule has 8 heteroatoms. The number of sulfone groups is 1. The molecule has 0 heterocycles. The molecule has 2 aromatic rings. The maximum atomic E-state index is 12.1. The minimum Gasteiger partial charge on any atom is -0.376 e. The van der Waals surface area contributed by atoms with Gasteiger partial charge in [0.2, 0.25) is 5.91 Å². The second-order valence-electron chi connectivity index (χ2n) is 6.50. The van der Waals surface area contributed by atoms with Crippen molar-refractivity contribution in [3.63, 3.8) is 0 Å². The van der Waals surface area contributed by atoms with Crippen LogP contribution in [0.1, 0.15) is 17.5 Å². The van der Waals surface area contributed by atoms with Crippen LogP contribution in [0.3, 0.4) is 0 Å². The fourth-order valence-electron chi connectivity index (χ4n) is 2.47. The van der Waals surface area contributed by atoms with E-state index in [0.717, 1.165) is 18.2 Å². The fraction of sp³-hybridized carbons (Fsp3) is 0.350. The predicted octanol–water partition coefficient (Wildman–Crippen LogP) is 2.57. The molecule has 1 amide bonds. The second-order valence-corrected chi connectivity index (χ2v) is 8.76. The Morgan fingerprint density at radius 1 is 1.11 bits per heavy atom. The molecule has 6 nitrogen and oxygen atoms in total. The molecular formula is C20H27ClN2O4S. The highest BCUT2D eigenvalue weighted by atomic mass is 35.5. The number of hydrogen-bond donors (Lipinski definition) is 2. The van der Waals surface area contributed by atoms with E-state index in [9.17, 15) is 13.2 Å². The number of ether oxygens (including phenoxy) is 1. The van der Waals surface area contributed by atoms with E-state index in [-0.39, 0.29) is 24.6 Å². The first-order valence-electron chi connectivity index (χ1n) is 8.78. The Labute approximate surface area is 172 Å². The van der Waals surface area contributed by atoms with E-state index in [4.69, 9.17) is 10.5 Å². The third kappa shape index (κ3) is 9.32. The molecule has 2 aromatic carbocycles. The highest BCUT2D eigenvalue weighted by Crippen LogP contribution is 2.13. The third-order valence-electron chi connectivity index (χ3n) is 3.98. The minimum atomic E-state index is -3.14. The number of nitrogens with one attached hydrogen (secondary N) is 1. The van der Waals surface area contributed by atoms with Gasteiger partial charge < -0.3 is 15.8 Å². The van der Waals surface area contributed by atoms with E-state index in [1.165, 1.54) is 5.56 Å². The van der Waals surface area contributed by atoms with Crippen LogP contribution in [0.25, 0.3) is 0 Å². The van der Waals surface area contributed by atoms with Gasteiger partial charge in [0.15, 0.2) is 0 Å². The third-order valence-corrected chi connectivity index (χ3v) is 4.95. The van der Waals surface area contributed by atoms with Gasteiger partial charge in [0, 0.05) is 11.9 Å². The van der Waals surface area contributed by atoms with Crippen LogP contribution in [0.5, 0.6) is 0 Å². The van der Waals surface area contributed by atoms with Crippen LogP contribution in [0, 0.1) is 0 Å². The summed E-state index contributed by atoms with van der Waals surface area (Å²) in [6, 6.07) is 16.6. The summed E-state index contributed by atoms with van der Waals surface area (Å²) in [6.45, 7) is 1.05. The molecule has 0 aliphatic carbocycles. The van der Waals surface area contributed by atoms with Gasteiger partial charge in [-0.25, -0.2) is 8.42 Å². The van der Waals surface area contributed by atoms with E-state index >= 15 is 0 Å². The van der Waals surface area contributed by atoms with Gasteiger partial charge in [-0.1, -0.05) is 42.5 Å². The van der Waals surface area contributed by atoms with E-state index in [1.54, 1.807) is 6.07 Å². The van der Waals surface area contributed by atoms with E-state index in [0.29, 0.717) is 18.9 Å². The molecule has 0 bridgehead atoms. The maximum absolute atomic E-state index is 12.1. The Morgan fingerprint density at radius 3 is 2.46 bits per heavy atom. The average Bonchev–Trinajstić information content (AvgIpc) is 2.64. The van der Waals surface area contributed by atoms with Crippen LogP contribution >= 0.6 is 12.4 Å². The van der Waals surface area contributed by atoms with Crippen molar-refractivity contribution >= 4 is 33.8 Å². The SMILES string of the molecule is CS(=O)(=O)CCC(N)C(=O)Nc1cccc(COCCc2ccccc2)c1.Cl. The Bertz CT molecular complexity index is 844. The lowest BCUT2D eigenvalue weighted by Crippen LogP contribution is -2.37. The standard InChI is InChI=1S/C20H26N2O4S.ClH/c1-27(24,25)13-11-19(21)20(23)22-18-9-5-8-17(14-18)15-26-12-10-16-6-3-2-4-7-16;/h2-9,14,19H,10-13,15,21H2,1H3,(H,22,23);1H. The van der Waals surface area contributed by atoms with E-state index < -0.39 is 21.8 Å². The van der Waals surface area contributed by atoms with E-state index in [2.05, 4.69) is 17.4 Å². The van der Waals surface area contributed by atoms with Crippen LogP contribution in [0.15, 0.2) is 54.6 Å². The van der Waals surface area contributed by atoms with Gasteiger partial charge >= 0.3 is 0 Å². The van der Waals surface area contributed by atoms with Crippen molar-refractivity contribution in [2.24, 2.45) is 5.73 Å². The molecule has 0 aliphatic heterocycles. The van der Waals surface area contributed by atoms with Crippen LogP contribution in [0.4, 0.5) is 5.69 Å². The van der Waals surface area contributed by atoms with Gasteiger partial charge in [-0.3, -0.25) is 4.79 Å². The molecule has 0 saturated carbocycles. The molecule has 0 radical (unpaired) electrons. The summed E-state index contributed by atoms with van der Waals surface area (Å²) in [7, 11) is -3.14. The number of halogens is 1. The van der Waals surface area contributed by atoms with Gasteiger partial charge in [0.25, 0.3) is 0 Å². The number of carbonyl (C=O) groups excluding carboxylic acids is 1. The number of amides is 1. The van der Waals surface area contributed by atoms with Crippen molar-refractivity contribution in [3.8, 4) is 0 Å². The van der Waals surface area contributed by atoms with Crippen LogP contribution < -0.4 is 11.1 Å². The van der Waals surface area contributed by atoms with Crippen molar-refractivity contribution in [2.45, 2.75) is 25.5 Å². The van der Waals surface area contributed by atoms with Gasteiger partial charge in [0.05, 0.1) is 25.0 Å². The largest absolute Gasteiger partial charge is 0.376 e. The molecule has 2 rings (SSSR count). The summed E-state index contributed by atoms with van der Waals surface area (Å²) >= 11 is 0. The molecule has 0 aromatic heterocycles. The summed E-state index contributed by atoms with van der Waals surface area (Å²) in [5.41, 5.74) is 8.53. The first kappa shape index (κ1) is 24.1. The number of benzene rings is 2. The monoisotopic (exact) mass is 426 g/mol. The Hall–Kier alpha value is -1.93. The van der Waals surface area contributed by atoms with Crippen molar-refractivity contribution in [1.29, 1.82) is 0 Å². The topological polar surface area (TPSA) is 98.5 Å². The summed E-state index contributed by atoms with van der Waals surface area (Å²) in [6.07, 6.45) is 2.05. The van der Waals surface area contributed by atoms with Gasteiger partial charge in [-0.15, -0.1) is 12.4 Å². The lowest BCUT2D eigenvalue weighted by molar-refractivity contribution is -0.117. The molecule has 0 aliphatic rings. The van der Waals surface area contributed by atoms with Crippen LogP contribution in [0.2, 0.25) is 0 Å². The van der Waals surface area contributed by atoms with Crippen molar-refractivity contribution in [3.05, 3.63) is 65.7 Å². The second kappa shape index (κ2) is 11.8. The molecule has 154 valence electrons. The lowest BCUT2D eigenvalue weighted by atomic mass is 10.1. The van der Waals surface area contributed by atoms with Crippen molar-refractivity contribution in [1.82, 2.24) is 0 Å². The quantitative estimate of drug-likeness (QED) is 0.569. The molecule has 1 unspecified atom stereocenters. The van der Waals surface area contributed by atoms with Gasteiger partial charge in [-0.05, 0) is 36.1 Å². The van der Waals surface area contributed by atoms with E-state index in [1.807, 2.05) is 36.4 Å². The molecule has 0 fully saturated rings. The minimum absolute atomic E-state index is 0. The number of anilines is 1. The molecule has 28 heavy (non-hydrogen) atoms. The molecule has 1 atom stereocenters. The molecule has 3 N–H and O–H groups in total. The number of hydrogen-bond acceptors (Lipinski definition) is 5. The maximum Gasteiger partial charge on any atom is 0.241 e. The molecular weight excluding hydrogens is 400 g/mol. The highest BCUT2D eigenvalue weighted by Gasteiger charge is 2.16. The molecule has 0 spiro atoms. The van der Waals surface area contributed by atoms with Crippen molar-refractivity contribution < 1.29 is 17.9 Å². The zero-order chi connectivity index (χ0) is 19.7. The smallest absolute Gasteiger partial charge is 0.241 e. The number of rotatable bonds is 10. The summed E-state index contributed by atoms with van der Waals surface area (Å²) in [5, 5.41) is 2.72. The summed E-state index contributed by atoms with van der Waals surface area (Å²) in [4.78, 5) is 12.1. The number of nitrogens with two attached hydrogens (primary N) is 1. The Morgan fingerprint density at radius 2 is 1.79 bits per heavy atom. The highest BCUT2D eigenvalue weighted by molar-refractivity contribution is 7.90. The first-order valence-corrected chi connectivity index (χ1v) is 10.8. The Balaban J connectivity index is 0.00000392. The van der Waals surface area contributed by atoms with Gasteiger partial charge in [0.1, 0.15) is 9.84 Å². The van der Waals surface area contributed by atoms with Crippen LogP contribution in [-0.2, 0) is 32.4 Å². The number of carbonyl (C=O) groups is 1. The predicted molar refractivity (Wildman–Crippen MR) is 114 cm³/mol. The fourth-order valence-corrected chi connectivity index (χ4v) is 3.15. The first-order chi connectivity index (χ1) is 12.8. The van der Waals surface area contributed by atoms with Gasteiger partial charge in [-0.2, -0.15) is 0 Å². The zero-order valence-electron chi connectivity index (χ0n) is 15.8. The normalized spacial score (nSPS) is 12.1. The Kier molecular flexibility index (Phi) is 10.2. The lowest BCUT2D eigenvalue weighted by Gasteiger charge is -2.12. The summed E-state index contributed by atoms with van der Waals surface area (Å²) < 4.78 is 28.1. The molecule has 0 saturated heterocycles. The average molecular weight is 427 g/mol. The zero-order valence-corrected chi connectivity index (χ0v) is 17.5. The summed E-state index contributed by atoms with van der Waals surface area (Å²) in [5.74, 6) is -0.516. The van der Waals surface area contributed by atoms with Crippen molar-refractivity contribution in [2.75, 3.05) is 23.9 Å². The van der Waals surface area contributed by atoms with Crippen LogP contribution in [-0.4, -0.2) is 39.0 Å².